The van der Waals surface area contributed by atoms with Crippen molar-refractivity contribution in [1.29, 1.82) is 0 Å². The fraction of sp³-hybridized carbons (Fsp3) is 0.562. The van der Waals surface area contributed by atoms with Gasteiger partial charge in [-0.3, -0.25) is 4.79 Å². The molecule has 5 heteroatoms. The summed E-state index contributed by atoms with van der Waals surface area (Å²) < 4.78 is 5.57. The fourth-order valence-corrected chi connectivity index (χ4v) is 2.29. The molecule has 2 unspecified atom stereocenters. The molecule has 0 saturated carbocycles. The normalized spacial score (nSPS) is 13.5. The maximum absolute atomic E-state index is 12.0. The third kappa shape index (κ3) is 6.36. The molecule has 0 aromatic heterocycles. The van der Waals surface area contributed by atoms with E-state index < -0.39 is 6.10 Å². The van der Waals surface area contributed by atoms with Gasteiger partial charge in [0, 0.05) is 13.2 Å². The number of aliphatic hydroxyl groups is 1. The number of amides is 1. The van der Waals surface area contributed by atoms with Crippen LogP contribution in [0.25, 0.3) is 0 Å². The highest BCUT2D eigenvalue weighted by atomic mass is 35.5. The smallest absolute Gasteiger partial charge is 0.260 e. The molecule has 0 bridgehead atoms. The maximum atomic E-state index is 12.0. The molecule has 4 nitrogen and oxygen atoms in total. The minimum absolute atomic E-state index is 0.145. The molecule has 1 aromatic carbocycles. The zero-order chi connectivity index (χ0) is 15.7. The molecule has 0 heterocycles. The lowest BCUT2D eigenvalue weighted by Gasteiger charge is -2.19. The highest BCUT2D eigenvalue weighted by Crippen LogP contribution is 2.24. The molecule has 0 fully saturated rings. The van der Waals surface area contributed by atoms with E-state index in [1.54, 1.807) is 19.1 Å². The van der Waals surface area contributed by atoms with Gasteiger partial charge in [-0.2, -0.15) is 0 Å². The molecule has 1 rings (SSSR count). The highest BCUT2D eigenvalue weighted by molar-refractivity contribution is 6.32. The van der Waals surface area contributed by atoms with Crippen LogP contribution in [0.5, 0.6) is 5.75 Å². The Bertz CT molecular complexity index is 433. The van der Waals surface area contributed by atoms with Crippen LogP contribution >= 0.6 is 11.6 Å². The minimum Gasteiger partial charge on any atom is -0.479 e. The van der Waals surface area contributed by atoms with E-state index in [1.807, 2.05) is 12.1 Å². The summed E-state index contributed by atoms with van der Waals surface area (Å²) >= 11 is 6.00. The molecule has 0 aliphatic rings. The predicted molar refractivity (Wildman–Crippen MR) is 84.7 cm³/mol. The van der Waals surface area contributed by atoms with E-state index in [9.17, 15) is 4.79 Å². The molecule has 0 spiro atoms. The summed E-state index contributed by atoms with van der Waals surface area (Å²) in [6, 6.07) is 7.08. The van der Waals surface area contributed by atoms with Crippen LogP contribution in [0.3, 0.4) is 0 Å². The van der Waals surface area contributed by atoms with Gasteiger partial charge in [0.1, 0.15) is 5.75 Å². The summed E-state index contributed by atoms with van der Waals surface area (Å²) in [7, 11) is 0. The molecule has 0 aliphatic heterocycles. The average molecular weight is 314 g/mol. The molecule has 2 atom stereocenters. The van der Waals surface area contributed by atoms with Crippen molar-refractivity contribution in [2.24, 2.45) is 5.92 Å². The Morgan fingerprint density at radius 1 is 1.38 bits per heavy atom. The van der Waals surface area contributed by atoms with E-state index in [4.69, 9.17) is 21.4 Å². The highest BCUT2D eigenvalue weighted by Gasteiger charge is 2.17. The second kappa shape index (κ2) is 9.64. The van der Waals surface area contributed by atoms with Gasteiger partial charge in [-0.1, -0.05) is 37.1 Å². The van der Waals surface area contributed by atoms with Crippen LogP contribution < -0.4 is 10.1 Å². The molecule has 118 valence electrons. The van der Waals surface area contributed by atoms with E-state index in [-0.39, 0.29) is 12.5 Å². The van der Waals surface area contributed by atoms with Gasteiger partial charge in [0.05, 0.1) is 5.02 Å². The van der Waals surface area contributed by atoms with Gasteiger partial charge < -0.3 is 15.2 Å². The largest absolute Gasteiger partial charge is 0.479 e. The SMILES string of the molecule is CCCC(CCO)CNC(=O)C(C)Oc1ccccc1Cl. The predicted octanol–water partition coefficient (Wildman–Crippen LogP) is 3.02. The van der Waals surface area contributed by atoms with Gasteiger partial charge in [0.25, 0.3) is 5.91 Å². The first-order valence-electron chi connectivity index (χ1n) is 7.38. The van der Waals surface area contributed by atoms with Crippen LogP contribution in [0.15, 0.2) is 24.3 Å². The summed E-state index contributed by atoms with van der Waals surface area (Å²) in [6.07, 6.45) is 2.11. The Morgan fingerprint density at radius 2 is 2.10 bits per heavy atom. The monoisotopic (exact) mass is 313 g/mol. The lowest BCUT2D eigenvalue weighted by Crippen LogP contribution is -2.39. The molecule has 2 N–H and O–H groups in total. The number of halogens is 1. The number of benzene rings is 1. The number of ether oxygens (including phenoxy) is 1. The quantitative estimate of drug-likeness (QED) is 0.737. The standard InChI is InChI=1S/C16H24ClNO3/c1-3-6-13(9-10-19)11-18-16(20)12(2)21-15-8-5-4-7-14(15)17/h4-5,7-8,12-13,19H,3,6,9-11H2,1-2H3,(H,18,20). The number of nitrogens with one attached hydrogen (secondary N) is 1. The third-order valence-electron chi connectivity index (χ3n) is 3.31. The zero-order valence-electron chi connectivity index (χ0n) is 12.6. The minimum atomic E-state index is -0.610. The Hall–Kier alpha value is -1.26. The third-order valence-corrected chi connectivity index (χ3v) is 3.62. The first-order chi connectivity index (χ1) is 10.1. The summed E-state index contributed by atoms with van der Waals surface area (Å²) in [5, 5.41) is 12.4. The maximum Gasteiger partial charge on any atom is 0.260 e. The average Bonchev–Trinajstić information content (AvgIpc) is 2.47. The van der Waals surface area contributed by atoms with Gasteiger partial charge in [-0.15, -0.1) is 0 Å². The van der Waals surface area contributed by atoms with Crippen molar-refractivity contribution in [3.05, 3.63) is 29.3 Å². The number of para-hydroxylation sites is 1. The first-order valence-corrected chi connectivity index (χ1v) is 7.76. The van der Waals surface area contributed by atoms with Crippen LogP contribution in [-0.2, 0) is 4.79 Å². The zero-order valence-corrected chi connectivity index (χ0v) is 13.4. The topological polar surface area (TPSA) is 58.6 Å². The van der Waals surface area contributed by atoms with Crippen molar-refractivity contribution < 1.29 is 14.6 Å². The van der Waals surface area contributed by atoms with Crippen LogP contribution in [0.2, 0.25) is 5.02 Å². The Labute approximate surface area is 131 Å². The molecule has 21 heavy (non-hydrogen) atoms. The van der Waals surface area contributed by atoms with Crippen LogP contribution in [0.1, 0.15) is 33.1 Å². The van der Waals surface area contributed by atoms with Crippen molar-refractivity contribution in [3.8, 4) is 5.75 Å². The fourth-order valence-electron chi connectivity index (χ4n) is 2.11. The Morgan fingerprint density at radius 3 is 2.71 bits per heavy atom. The van der Waals surface area contributed by atoms with Crippen molar-refractivity contribution in [2.75, 3.05) is 13.2 Å². The number of hydrogen-bond acceptors (Lipinski definition) is 3. The Balaban J connectivity index is 2.45. The van der Waals surface area contributed by atoms with Gasteiger partial charge in [-0.05, 0) is 37.8 Å². The molecular weight excluding hydrogens is 290 g/mol. The number of hydrogen-bond donors (Lipinski definition) is 2. The van der Waals surface area contributed by atoms with Crippen molar-refractivity contribution in [1.82, 2.24) is 5.32 Å². The second-order valence-corrected chi connectivity index (χ2v) is 5.51. The van der Waals surface area contributed by atoms with E-state index in [0.717, 1.165) is 12.8 Å². The van der Waals surface area contributed by atoms with E-state index in [0.29, 0.717) is 29.7 Å². The van der Waals surface area contributed by atoms with Crippen molar-refractivity contribution in [2.45, 2.75) is 39.2 Å². The van der Waals surface area contributed by atoms with Gasteiger partial charge in [-0.25, -0.2) is 0 Å². The number of rotatable bonds is 9. The number of aliphatic hydroxyl groups excluding tert-OH is 1. The van der Waals surface area contributed by atoms with Crippen LogP contribution in [0, 0.1) is 5.92 Å². The van der Waals surface area contributed by atoms with Gasteiger partial charge in [0.2, 0.25) is 0 Å². The van der Waals surface area contributed by atoms with Crippen LogP contribution in [0.4, 0.5) is 0 Å². The van der Waals surface area contributed by atoms with E-state index in [2.05, 4.69) is 12.2 Å². The molecule has 0 radical (unpaired) electrons. The lowest BCUT2D eigenvalue weighted by atomic mass is 10.0. The summed E-state index contributed by atoms with van der Waals surface area (Å²) in [5.74, 6) is 0.632. The Kier molecular flexibility index (Phi) is 8.16. The van der Waals surface area contributed by atoms with E-state index >= 15 is 0 Å². The van der Waals surface area contributed by atoms with Gasteiger partial charge >= 0.3 is 0 Å². The molecule has 1 aromatic rings. The first kappa shape index (κ1) is 17.8. The lowest BCUT2D eigenvalue weighted by molar-refractivity contribution is -0.127. The molecule has 0 saturated heterocycles. The summed E-state index contributed by atoms with van der Waals surface area (Å²) in [5.41, 5.74) is 0. The summed E-state index contributed by atoms with van der Waals surface area (Å²) in [4.78, 5) is 12.0. The van der Waals surface area contributed by atoms with Crippen molar-refractivity contribution in [3.63, 3.8) is 0 Å². The van der Waals surface area contributed by atoms with Crippen molar-refractivity contribution >= 4 is 17.5 Å². The molecule has 1 amide bonds. The number of carbonyl (C=O) groups excluding carboxylic acids is 1. The van der Waals surface area contributed by atoms with Gasteiger partial charge in [0.15, 0.2) is 6.10 Å². The van der Waals surface area contributed by atoms with Crippen LogP contribution in [-0.4, -0.2) is 30.3 Å². The summed E-state index contributed by atoms with van der Waals surface area (Å²) in [6.45, 7) is 4.49. The molecular formula is C16H24ClNO3. The number of carbonyl (C=O) groups is 1. The second-order valence-electron chi connectivity index (χ2n) is 5.10. The molecule has 0 aliphatic carbocycles. The van der Waals surface area contributed by atoms with E-state index in [1.165, 1.54) is 0 Å².